The van der Waals surface area contributed by atoms with Crippen molar-refractivity contribution in [3.8, 4) is 0 Å². The van der Waals surface area contributed by atoms with E-state index >= 15 is 0 Å². The molecule has 0 aromatic heterocycles. The molecule has 8 N–H and O–H groups in total. The van der Waals surface area contributed by atoms with Gasteiger partial charge in [-0.05, 0) is 31.5 Å². The maximum atomic E-state index is 13.1. The first kappa shape index (κ1) is 25.0. The highest BCUT2D eigenvalue weighted by Gasteiger charge is 2.35. The second-order valence-corrected chi connectivity index (χ2v) is 11.0. The van der Waals surface area contributed by atoms with Crippen molar-refractivity contribution in [1.29, 1.82) is 5.41 Å². The minimum absolute atomic E-state index is 0.210. The average molecular weight is 502 g/mol. The fourth-order valence-electron chi connectivity index (χ4n) is 4.07. The van der Waals surface area contributed by atoms with E-state index in [1.165, 1.54) is 13.0 Å². The van der Waals surface area contributed by atoms with E-state index in [9.17, 15) is 21.6 Å². The van der Waals surface area contributed by atoms with Crippen LogP contribution in [0.1, 0.15) is 25.3 Å². The second-order valence-electron chi connectivity index (χ2n) is 7.84. The Labute approximate surface area is 191 Å². The number of amides is 1. The fourth-order valence-corrected chi connectivity index (χ4v) is 6.94. The Morgan fingerprint density at radius 1 is 1.24 bits per heavy atom. The quantitative estimate of drug-likeness (QED) is 0.0831. The minimum Gasteiger partial charge on any atom is -0.369 e. The smallest absolute Gasteiger partial charge is 0.242 e. The Bertz CT molecular complexity index is 1180. The number of hydrogen-bond acceptors (Lipinski definition) is 9. The Balaban J connectivity index is 2.16. The number of benzene rings is 1. The number of carbonyl (C=O) groups excluding carboxylic acids is 1. The highest BCUT2D eigenvalue weighted by atomic mass is 32.2. The van der Waals surface area contributed by atoms with E-state index in [0.29, 0.717) is 39.0 Å². The van der Waals surface area contributed by atoms with Crippen LogP contribution in [-0.4, -0.2) is 66.8 Å². The molecule has 0 saturated carbocycles. The molecule has 0 bridgehead atoms. The maximum absolute atomic E-state index is 13.1. The molecule has 33 heavy (non-hydrogen) atoms. The Kier molecular flexibility index (Phi) is 7.32. The third-order valence-electron chi connectivity index (χ3n) is 5.39. The molecule has 1 aromatic rings. The number of nitrogens with two attached hydrogens (primary N) is 2. The van der Waals surface area contributed by atoms with Gasteiger partial charge in [0.15, 0.2) is 5.84 Å². The molecule has 2 heterocycles. The van der Waals surface area contributed by atoms with Crippen LogP contribution in [0.4, 0.5) is 5.69 Å². The second kappa shape index (κ2) is 9.68. The summed E-state index contributed by atoms with van der Waals surface area (Å²) in [6, 6.07) is 1.90. The monoisotopic (exact) mass is 501 g/mol. The zero-order valence-electron chi connectivity index (χ0n) is 17.9. The van der Waals surface area contributed by atoms with Gasteiger partial charge >= 0.3 is 0 Å². The minimum atomic E-state index is -4.64. The molecular weight excluding hydrogens is 474 g/mol. The first-order chi connectivity index (χ1) is 15.4. The summed E-state index contributed by atoms with van der Waals surface area (Å²) in [5.74, 6) is 4.19. The van der Waals surface area contributed by atoms with Crippen molar-refractivity contribution < 1.29 is 21.6 Å². The summed E-state index contributed by atoms with van der Waals surface area (Å²) < 4.78 is 54.0. The molecule has 2 fully saturated rings. The van der Waals surface area contributed by atoms with Crippen LogP contribution in [-0.2, 0) is 24.8 Å². The Hall–Kier alpha value is -2.66. The van der Waals surface area contributed by atoms with E-state index in [0.717, 1.165) is 6.07 Å². The van der Waals surface area contributed by atoms with E-state index in [1.54, 1.807) is 4.90 Å². The number of nitrogens with one attached hydrogen (secondary N) is 4. The fraction of sp³-hybridized carbons (Fsp3) is 0.529. The molecule has 2 aliphatic heterocycles. The number of rotatable bonds is 7. The highest BCUT2D eigenvalue weighted by molar-refractivity contribution is 7.92. The van der Waals surface area contributed by atoms with Crippen LogP contribution in [0.15, 0.2) is 32.3 Å². The number of anilines is 1. The SMILES string of the molecule is CC(=O)N[C@@H]1CCN(c2ccc(S(=O)(=O)N[C@@H]3CCNC3)c(S(N)(=O)=O)c2C(=N)N=NN)C1. The number of carbonyl (C=O) groups is 1. The Morgan fingerprint density at radius 3 is 2.55 bits per heavy atom. The van der Waals surface area contributed by atoms with Crippen molar-refractivity contribution in [2.24, 2.45) is 21.3 Å². The molecule has 0 unspecified atom stereocenters. The van der Waals surface area contributed by atoms with Crippen LogP contribution >= 0.6 is 0 Å². The molecule has 0 aliphatic carbocycles. The van der Waals surface area contributed by atoms with Gasteiger partial charge in [-0.15, -0.1) is 5.11 Å². The normalized spacial score (nSPS) is 21.6. The number of primary sulfonamides is 1. The molecule has 16 heteroatoms. The Morgan fingerprint density at radius 2 is 1.97 bits per heavy atom. The van der Waals surface area contributed by atoms with Crippen molar-refractivity contribution in [2.45, 2.75) is 41.6 Å². The molecule has 14 nitrogen and oxygen atoms in total. The van der Waals surface area contributed by atoms with E-state index in [2.05, 4.69) is 25.7 Å². The topological polar surface area (TPSA) is 225 Å². The zero-order valence-corrected chi connectivity index (χ0v) is 19.5. The van der Waals surface area contributed by atoms with Crippen LogP contribution in [0.2, 0.25) is 0 Å². The summed E-state index contributed by atoms with van der Waals surface area (Å²) in [7, 11) is -8.96. The zero-order chi connectivity index (χ0) is 24.4. The van der Waals surface area contributed by atoms with Crippen molar-refractivity contribution in [3.05, 3.63) is 17.7 Å². The molecular formula is C17H27N9O5S2. The standard InChI is InChI=1S/C17H27N9O5S2/c1-10(27)22-12-5-7-26(9-12)13-2-3-14(33(30,31)24-11-4-6-21-8-11)16(32(20,28)29)15(13)17(18)23-25-19/h2-3,11-12,21,24H,4-9H2,1H3,(H,22,27)(H3,18,19,23)(H2,20,28,29)/t11-,12-/m1/s1. The van der Waals surface area contributed by atoms with Gasteiger partial charge in [0.2, 0.25) is 26.0 Å². The summed E-state index contributed by atoms with van der Waals surface area (Å²) >= 11 is 0. The van der Waals surface area contributed by atoms with E-state index in [1.807, 2.05) is 0 Å². The van der Waals surface area contributed by atoms with Gasteiger partial charge < -0.3 is 21.4 Å². The van der Waals surface area contributed by atoms with E-state index in [4.69, 9.17) is 16.4 Å². The molecule has 1 aromatic carbocycles. The lowest BCUT2D eigenvalue weighted by Crippen LogP contribution is -2.38. The van der Waals surface area contributed by atoms with E-state index < -0.39 is 41.7 Å². The predicted molar refractivity (Wildman–Crippen MR) is 120 cm³/mol. The summed E-state index contributed by atoms with van der Waals surface area (Å²) in [5.41, 5.74) is -0.117. The largest absolute Gasteiger partial charge is 0.369 e. The van der Waals surface area contributed by atoms with Gasteiger partial charge in [-0.3, -0.25) is 10.2 Å². The van der Waals surface area contributed by atoms with E-state index in [-0.39, 0.29) is 23.2 Å². The third-order valence-corrected chi connectivity index (χ3v) is 8.07. The summed E-state index contributed by atoms with van der Waals surface area (Å²) in [5, 5.41) is 26.0. The summed E-state index contributed by atoms with van der Waals surface area (Å²) in [6.07, 6.45) is 1.09. The first-order valence-electron chi connectivity index (χ1n) is 10.1. The third kappa shape index (κ3) is 5.64. The average Bonchev–Trinajstić information content (AvgIpc) is 3.37. The number of amidine groups is 1. The van der Waals surface area contributed by atoms with Crippen molar-refractivity contribution in [1.82, 2.24) is 15.4 Å². The van der Waals surface area contributed by atoms with Crippen LogP contribution in [0, 0.1) is 5.41 Å². The van der Waals surface area contributed by atoms with Gasteiger partial charge in [0.25, 0.3) is 0 Å². The highest BCUT2D eigenvalue weighted by Crippen LogP contribution is 2.35. The number of sulfonamides is 2. The predicted octanol–water partition coefficient (Wildman–Crippen LogP) is -1.66. The van der Waals surface area contributed by atoms with Crippen molar-refractivity contribution in [2.75, 3.05) is 31.1 Å². The lowest BCUT2D eigenvalue weighted by molar-refractivity contribution is -0.119. The number of nitrogens with zero attached hydrogens (tertiary/aromatic N) is 3. The lowest BCUT2D eigenvalue weighted by atomic mass is 10.1. The molecule has 2 saturated heterocycles. The van der Waals surface area contributed by atoms with Gasteiger partial charge in [-0.25, -0.2) is 26.7 Å². The van der Waals surface area contributed by atoms with Crippen LogP contribution in [0.25, 0.3) is 0 Å². The van der Waals surface area contributed by atoms with Crippen LogP contribution in [0.3, 0.4) is 0 Å². The summed E-state index contributed by atoms with van der Waals surface area (Å²) in [6.45, 7) is 3.11. The van der Waals surface area contributed by atoms with Crippen LogP contribution in [0.5, 0.6) is 0 Å². The van der Waals surface area contributed by atoms with Gasteiger partial charge in [0.05, 0.1) is 5.56 Å². The molecule has 1 amide bonds. The van der Waals surface area contributed by atoms with Crippen LogP contribution < -0.4 is 31.2 Å². The van der Waals surface area contributed by atoms with Gasteiger partial charge in [0, 0.05) is 44.3 Å². The number of hydrogen-bond donors (Lipinski definition) is 6. The molecule has 0 radical (unpaired) electrons. The first-order valence-corrected chi connectivity index (χ1v) is 13.1. The summed E-state index contributed by atoms with van der Waals surface area (Å²) in [4.78, 5) is 11.8. The molecule has 3 rings (SSSR count). The molecule has 0 spiro atoms. The van der Waals surface area contributed by atoms with Gasteiger partial charge in [0.1, 0.15) is 9.79 Å². The van der Waals surface area contributed by atoms with Gasteiger partial charge in [-0.2, -0.15) is 0 Å². The lowest BCUT2D eigenvalue weighted by Gasteiger charge is -2.24. The molecule has 182 valence electrons. The van der Waals surface area contributed by atoms with Crippen molar-refractivity contribution in [3.63, 3.8) is 0 Å². The van der Waals surface area contributed by atoms with Gasteiger partial charge in [-0.1, -0.05) is 5.22 Å². The maximum Gasteiger partial charge on any atom is 0.242 e. The van der Waals surface area contributed by atoms with Crippen molar-refractivity contribution >= 4 is 37.5 Å². The molecule has 2 atom stereocenters. The molecule has 2 aliphatic rings.